The molecule has 1 aromatic heterocycles. The van der Waals surface area contributed by atoms with Crippen LogP contribution in [0.4, 0.5) is 0 Å². The average molecular weight is 356 g/mol. The zero-order valence-electron chi connectivity index (χ0n) is 15.2. The molecule has 0 aliphatic carbocycles. The van der Waals surface area contributed by atoms with E-state index in [0.717, 1.165) is 18.7 Å². The zero-order valence-corrected chi connectivity index (χ0v) is 15.2. The minimum Gasteiger partial charge on any atom is -0.493 e. The second-order valence-electron chi connectivity index (χ2n) is 5.67. The second-order valence-corrected chi connectivity index (χ2v) is 5.67. The van der Waals surface area contributed by atoms with Crippen LogP contribution in [0.15, 0.2) is 35.6 Å². The number of hydrogen-bond donors (Lipinski definition) is 1. The summed E-state index contributed by atoms with van der Waals surface area (Å²) in [6.45, 7) is 7.13. The topological polar surface area (TPSA) is 85.7 Å². The van der Waals surface area contributed by atoms with Crippen LogP contribution in [-0.2, 0) is 6.54 Å². The van der Waals surface area contributed by atoms with Gasteiger partial charge in [0.1, 0.15) is 5.69 Å². The molecule has 138 valence electrons. The van der Waals surface area contributed by atoms with E-state index in [9.17, 15) is 4.79 Å². The molecular weight excluding hydrogens is 332 g/mol. The Morgan fingerprint density at radius 1 is 1.23 bits per heavy atom. The van der Waals surface area contributed by atoms with Crippen LogP contribution in [0.2, 0.25) is 0 Å². The van der Waals surface area contributed by atoms with Crippen LogP contribution in [0.1, 0.15) is 42.2 Å². The molecule has 7 heteroatoms. The summed E-state index contributed by atoms with van der Waals surface area (Å²) >= 11 is 0. The number of ether oxygens (including phenoxy) is 2. The molecule has 0 atom stereocenters. The summed E-state index contributed by atoms with van der Waals surface area (Å²) in [5.41, 5.74) is 1.22. The van der Waals surface area contributed by atoms with Crippen molar-refractivity contribution in [2.75, 3.05) is 13.7 Å². The van der Waals surface area contributed by atoms with Gasteiger partial charge < -0.3 is 14.8 Å². The van der Waals surface area contributed by atoms with E-state index in [1.165, 1.54) is 31.7 Å². The van der Waals surface area contributed by atoms with Crippen molar-refractivity contribution in [3.05, 3.63) is 41.9 Å². The molecule has 7 nitrogen and oxygen atoms in total. The Morgan fingerprint density at radius 3 is 2.73 bits per heavy atom. The van der Waals surface area contributed by atoms with Crippen molar-refractivity contribution in [3.63, 3.8) is 0 Å². The number of hydrogen-bond acceptors (Lipinski definition) is 6. The van der Waals surface area contributed by atoms with E-state index in [1.54, 1.807) is 7.11 Å². The summed E-state index contributed by atoms with van der Waals surface area (Å²) < 4.78 is 11.1. The molecule has 0 radical (unpaired) electrons. The molecule has 1 amide bonds. The number of benzene rings is 1. The number of rotatable bonds is 10. The van der Waals surface area contributed by atoms with Crippen molar-refractivity contribution in [2.45, 2.75) is 32.7 Å². The highest BCUT2D eigenvalue weighted by atomic mass is 16.5. The minimum absolute atomic E-state index is 0.115. The summed E-state index contributed by atoms with van der Waals surface area (Å²) in [6.07, 6.45) is 6.28. The number of amides is 1. The van der Waals surface area contributed by atoms with E-state index in [0.29, 0.717) is 11.5 Å². The molecule has 0 aliphatic rings. The van der Waals surface area contributed by atoms with E-state index >= 15 is 0 Å². The van der Waals surface area contributed by atoms with Crippen molar-refractivity contribution in [1.29, 1.82) is 0 Å². The van der Waals surface area contributed by atoms with Gasteiger partial charge in [0.2, 0.25) is 5.88 Å². The maximum Gasteiger partial charge on any atom is 0.296 e. The van der Waals surface area contributed by atoms with E-state index in [4.69, 9.17) is 9.47 Å². The lowest BCUT2D eigenvalue weighted by Crippen LogP contribution is -2.14. The Labute approximate surface area is 153 Å². The lowest BCUT2D eigenvalue weighted by atomic mass is 10.2. The molecule has 0 fully saturated rings. The monoisotopic (exact) mass is 356 g/mol. The summed E-state index contributed by atoms with van der Waals surface area (Å²) in [5, 5.41) is 3.41. The van der Waals surface area contributed by atoms with Gasteiger partial charge in [0, 0.05) is 6.54 Å². The highest BCUT2D eigenvalue weighted by molar-refractivity contribution is 5.94. The van der Waals surface area contributed by atoms with Crippen LogP contribution < -0.4 is 14.8 Å². The van der Waals surface area contributed by atoms with Gasteiger partial charge in [-0.15, -0.1) is 0 Å². The molecule has 0 unspecified atom stereocenters. The minimum atomic E-state index is -0.530. The molecule has 1 aromatic carbocycles. The number of nitrogens with zero attached hydrogens (tertiary/aromatic N) is 3. The second kappa shape index (κ2) is 10.2. The van der Waals surface area contributed by atoms with Gasteiger partial charge in [-0.25, -0.2) is 15.0 Å². The van der Waals surface area contributed by atoms with Crippen LogP contribution in [0.5, 0.6) is 17.4 Å². The maximum absolute atomic E-state index is 11.4. The summed E-state index contributed by atoms with van der Waals surface area (Å²) in [7, 11) is 1.59. The van der Waals surface area contributed by atoms with Gasteiger partial charge in [0.15, 0.2) is 11.5 Å². The normalized spacial score (nSPS) is 10.4. The lowest BCUT2D eigenvalue weighted by Gasteiger charge is -2.12. The first-order chi connectivity index (χ1) is 12.7. The van der Waals surface area contributed by atoms with E-state index in [1.807, 2.05) is 18.2 Å². The number of aromatic nitrogens is 2. The largest absolute Gasteiger partial charge is 0.493 e. The van der Waals surface area contributed by atoms with Crippen molar-refractivity contribution in [3.8, 4) is 17.4 Å². The van der Waals surface area contributed by atoms with Crippen molar-refractivity contribution in [1.82, 2.24) is 15.3 Å². The number of carbonyl (C=O) groups is 1. The fraction of sp³-hybridized carbons (Fsp3) is 0.368. The Bertz CT molecular complexity index is 732. The van der Waals surface area contributed by atoms with Gasteiger partial charge in [-0.05, 0) is 37.4 Å². The summed E-state index contributed by atoms with van der Waals surface area (Å²) in [4.78, 5) is 22.7. The molecule has 1 N–H and O–H groups in total. The van der Waals surface area contributed by atoms with E-state index in [-0.39, 0.29) is 11.6 Å². The van der Waals surface area contributed by atoms with Crippen LogP contribution in [-0.4, -0.2) is 36.2 Å². The molecular formula is C19H24N4O3. The molecule has 0 aliphatic heterocycles. The van der Waals surface area contributed by atoms with Crippen molar-refractivity contribution in [2.24, 2.45) is 4.99 Å². The first kappa shape index (κ1) is 19.5. The number of nitrogens with one attached hydrogen (secondary N) is 1. The quantitative estimate of drug-likeness (QED) is 0.519. The first-order valence-electron chi connectivity index (χ1n) is 8.56. The number of carbonyl (C=O) groups excluding carboxylic acids is 1. The van der Waals surface area contributed by atoms with Gasteiger partial charge in [-0.2, -0.15) is 0 Å². The molecule has 2 rings (SSSR count). The van der Waals surface area contributed by atoms with Gasteiger partial charge in [0.05, 0.1) is 19.5 Å². The first-order valence-corrected chi connectivity index (χ1v) is 8.56. The molecule has 26 heavy (non-hydrogen) atoms. The Morgan fingerprint density at radius 2 is 2.08 bits per heavy atom. The van der Waals surface area contributed by atoms with Crippen molar-refractivity contribution < 1.29 is 14.3 Å². The predicted molar refractivity (Wildman–Crippen MR) is 100 cm³/mol. The number of unbranched alkanes of at least 4 members (excludes halogenated alkanes) is 2. The number of aliphatic imine (C=N–C) groups is 1. The van der Waals surface area contributed by atoms with Gasteiger partial charge in [-0.1, -0.05) is 25.8 Å². The lowest BCUT2D eigenvalue weighted by molar-refractivity contribution is 0.0998. The van der Waals surface area contributed by atoms with E-state index < -0.39 is 5.91 Å². The number of methoxy groups -OCH3 is 1. The van der Waals surface area contributed by atoms with Gasteiger partial charge in [0.25, 0.3) is 5.91 Å². The smallest absolute Gasteiger partial charge is 0.296 e. The maximum atomic E-state index is 11.4. The van der Waals surface area contributed by atoms with Gasteiger partial charge in [-0.3, -0.25) is 4.79 Å². The third-order valence-corrected chi connectivity index (χ3v) is 3.72. The fourth-order valence-electron chi connectivity index (χ4n) is 2.31. The molecule has 0 bridgehead atoms. The highest BCUT2D eigenvalue weighted by Crippen LogP contribution is 2.31. The summed E-state index contributed by atoms with van der Waals surface area (Å²) in [6, 6.07) is 5.72. The highest BCUT2D eigenvalue weighted by Gasteiger charge is 2.10. The third kappa shape index (κ3) is 5.63. The standard InChI is InChI=1S/C19H24N4O3/c1-4-5-6-9-21-11-14-7-8-16(17(10-14)25-3)26-18-13-22-15(12-23-18)19(24)20-2/h7-8,10,12-13,21H,2,4-6,9,11H2,1,3H3. The van der Waals surface area contributed by atoms with Crippen LogP contribution in [0, 0.1) is 0 Å². The molecule has 0 saturated heterocycles. The van der Waals surface area contributed by atoms with Crippen LogP contribution in [0.25, 0.3) is 0 Å². The predicted octanol–water partition coefficient (Wildman–Crippen LogP) is 3.40. The Balaban J connectivity index is 2.00. The third-order valence-electron chi connectivity index (χ3n) is 3.72. The average Bonchev–Trinajstić information content (AvgIpc) is 2.68. The van der Waals surface area contributed by atoms with Gasteiger partial charge >= 0.3 is 0 Å². The SMILES string of the molecule is C=NC(=O)c1cnc(Oc2ccc(CNCCCCC)cc2OC)cn1. The molecule has 0 spiro atoms. The molecule has 0 saturated carbocycles. The van der Waals surface area contributed by atoms with Crippen LogP contribution in [0.3, 0.4) is 0 Å². The molecule has 1 heterocycles. The summed E-state index contributed by atoms with van der Waals surface area (Å²) in [5.74, 6) is 0.858. The molecule has 2 aromatic rings. The zero-order chi connectivity index (χ0) is 18.8. The van der Waals surface area contributed by atoms with Crippen molar-refractivity contribution >= 4 is 12.6 Å². The fourth-order valence-corrected chi connectivity index (χ4v) is 2.31. The Kier molecular flexibility index (Phi) is 7.70. The Hall–Kier alpha value is -2.80. The van der Waals surface area contributed by atoms with E-state index in [2.05, 4.69) is 33.9 Å². The van der Waals surface area contributed by atoms with Crippen LogP contribution >= 0.6 is 0 Å².